The van der Waals surface area contributed by atoms with Crippen molar-refractivity contribution in [2.45, 2.75) is 32.2 Å². The number of carbonyl (C=O) groups excluding carboxylic acids is 1. The van der Waals surface area contributed by atoms with Gasteiger partial charge in [-0.1, -0.05) is 29.8 Å². The van der Waals surface area contributed by atoms with Gasteiger partial charge in [0.1, 0.15) is 6.04 Å². The molecule has 134 valence electrons. The molecule has 0 bridgehead atoms. The number of nitrogens with zero attached hydrogens (tertiary/aromatic N) is 1. The number of carbonyl (C=O) groups is 1. The van der Waals surface area contributed by atoms with Gasteiger partial charge in [-0.25, -0.2) is 4.79 Å². The largest absolute Gasteiger partial charge is 0.468 e. The van der Waals surface area contributed by atoms with Crippen molar-refractivity contribution < 1.29 is 19.7 Å². The van der Waals surface area contributed by atoms with Gasteiger partial charge in [0.05, 0.1) is 20.3 Å². The molecule has 25 heavy (non-hydrogen) atoms. The monoisotopic (exact) mass is 381 g/mol. The van der Waals surface area contributed by atoms with Gasteiger partial charge in [-0.05, 0) is 29.2 Å². The molecule has 0 aliphatic carbocycles. The fraction of sp³-hybridized carbons (Fsp3) is 0.389. The van der Waals surface area contributed by atoms with Gasteiger partial charge in [-0.3, -0.25) is 4.90 Å². The Morgan fingerprint density at radius 3 is 2.76 bits per heavy atom. The van der Waals surface area contributed by atoms with Gasteiger partial charge in [0.25, 0.3) is 0 Å². The lowest BCUT2D eigenvalue weighted by atomic mass is 9.98. The molecular weight excluding hydrogens is 362 g/mol. The Bertz CT molecular complexity index is 776. The third-order valence-electron chi connectivity index (χ3n) is 4.56. The van der Waals surface area contributed by atoms with E-state index < -0.39 is 6.04 Å². The second-order valence-electron chi connectivity index (χ2n) is 5.89. The first-order valence-electron chi connectivity index (χ1n) is 8.01. The predicted octanol–water partition coefficient (Wildman–Crippen LogP) is 2.66. The number of aliphatic hydroxyl groups is 2. The fourth-order valence-electron chi connectivity index (χ4n) is 3.33. The summed E-state index contributed by atoms with van der Waals surface area (Å²) in [4.78, 5) is 16.5. The average Bonchev–Trinajstić information content (AvgIpc) is 3.00. The number of hydrogen-bond donors (Lipinski definition) is 2. The lowest BCUT2D eigenvalue weighted by molar-refractivity contribution is -0.147. The van der Waals surface area contributed by atoms with Crippen molar-refractivity contribution in [3.05, 3.63) is 55.7 Å². The molecule has 0 amide bonds. The number of methoxy groups -OCH3 is 1. The number of halogens is 1. The smallest absolute Gasteiger partial charge is 0.327 e. The van der Waals surface area contributed by atoms with Crippen LogP contribution in [-0.2, 0) is 35.7 Å². The lowest BCUT2D eigenvalue weighted by Crippen LogP contribution is -2.38. The number of fused-ring (bicyclic) bond motifs is 1. The Morgan fingerprint density at radius 1 is 1.36 bits per heavy atom. The van der Waals surface area contributed by atoms with Crippen molar-refractivity contribution in [3.8, 4) is 0 Å². The van der Waals surface area contributed by atoms with Crippen LogP contribution >= 0.6 is 22.9 Å². The summed E-state index contributed by atoms with van der Waals surface area (Å²) in [6, 6.07) is 6.66. The van der Waals surface area contributed by atoms with Crippen LogP contribution in [0, 0.1) is 0 Å². The summed E-state index contributed by atoms with van der Waals surface area (Å²) >= 11 is 7.85. The van der Waals surface area contributed by atoms with Crippen LogP contribution in [0.15, 0.2) is 24.3 Å². The summed E-state index contributed by atoms with van der Waals surface area (Å²) in [6.45, 7) is 0.976. The molecule has 2 aromatic rings. The van der Waals surface area contributed by atoms with Crippen LogP contribution in [0.3, 0.4) is 0 Å². The number of aliphatic hydroxyl groups excluding tert-OH is 2. The number of benzene rings is 1. The van der Waals surface area contributed by atoms with Crippen LogP contribution < -0.4 is 0 Å². The van der Waals surface area contributed by atoms with Gasteiger partial charge in [0, 0.05) is 27.9 Å². The molecule has 1 atom stereocenters. The molecular formula is C18H20ClNO4S. The quantitative estimate of drug-likeness (QED) is 0.779. The normalized spacial score (nSPS) is 15.7. The number of rotatable bonds is 5. The maximum Gasteiger partial charge on any atom is 0.327 e. The van der Waals surface area contributed by atoms with Crippen LogP contribution in [0.4, 0.5) is 0 Å². The second kappa shape index (κ2) is 7.85. The highest BCUT2D eigenvalue weighted by Crippen LogP contribution is 2.37. The first kappa shape index (κ1) is 18.4. The van der Waals surface area contributed by atoms with E-state index in [1.807, 2.05) is 23.1 Å². The Morgan fingerprint density at radius 2 is 2.12 bits per heavy atom. The first-order valence-corrected chi connectivity index (χ1v) is 9.20. The Kier molecular flexibility index (Phi) is 5.76. The van der Waals surface area contributed by atoms with Gasteiger partial charge < -0.3 is 14.9 Å². The van der Waals surface area contributed by atoms with Gasteiger partial charge in [-0.2, -0.15) is 0 Å². The fourth-order valence-corrected chi connectivity index (χ4v) is 4.75. The maximum absolute atomic E-state index is 12.5. The van der Waals surface area contributed by atoms with E-state index in [-0.39, 0.29) is 19.2 Å². The number of thiophene rings is 1. The van der Waals surface area contributed by atoms with Gasteiger partial charge in [0.15, 0.2) is 0 Å². The van der Waals surface area contributed by atoms with E-state index in [1.54, 1.807) is 6.07 Å². The van der Waals surface area contributed by atoms with Gasteiger partial charge >= 0.3 is 5.97 Å². The third-order valence-corrected chi connectivity index (χ3v) is 6.23. The molecule has 2 N–H and O–H groups in total. The van der Waals surface area contributed by atoms with Crippen LogP contribution in [0.2, 0.25) is 5.02 Å². The van der Waals surface area contributed by atoms with Crippen LogP contribution in [0.1, 0.15) is 32.5 Å². The van der Waals surface area contributed by atoms with Gasteiger partial charge in [-0.15, -0.1) is 11.3 Å². The highest BCUT2D eigenvalue weighted by Gasteiger charge is 2.34. The maximum atomic E-state index is 12.5. The molecule has 7 heteroatoms. The van der Waals surface area contributed by atoms with Crippen molar-refractivity contribution in [1.29, 1.82) is 0 Å². The molecule has 1 aliphatic heterocycles. The molecule has 0 fully saturated rings. The molecule has 1 aromatic carbocycles. The summed E-state index contributed by atoms with van der Waals surface area (Å²) in [5.41, 5.74) is 2.49. The van der Waals surface area contributed by atoms with Crippen molar-refractivity contribution in [2.75, 3.05) is 13.7 Å². The van der Waals surface area contributed by atoms with E-state index in [4.69, 9.17) is 16.3 Å². The summed E-state index contributed by atoms with van der Waals surface area (Å²) in [7, 11) is 1.37. The SMILES string of the molecule is COC(=O)[C@H](c1ccccc1Cl)N1CCc2sc(CO)c(CO)c2C1. The topological polar surface area (TPSA) is 70.0 Å². The van der Waals surface area contributed by atoms with Gasteiger partial charge in [0.2, 0.25) is 0 Å². The standard InChI is InChI=1S/C18H20ClNO4S/c1-24-18(23)17(11-4-2-3-5-14(11)19)20-7-6-15-12(8-20)13(9-21)16(10-22)25-15/h2-5,17,21-22H,6-10H2,1H3/t17-/m0/s1. The highest BCUT2D eigenvalue weighted by molar-refractivity contribution is 7.12. The van der Waals surface area contributed by atoms with Crippen LogP contribution in [-0.4, -0.2) is 34.7 Å². The molecule has 1 aromatic heterocycles. The minimum Gasteiger partial charge on any atom is -0.468 e. The van der Waals surface area contributed by atoms with E-state index >= 15 is 0 Å². The molecule has 0 saturated heterocycles. The molecule has 2 heterocycles. The zero-order chi connectivity index (χ0) is 18.0. The van der Waals surface area contributed by atoms with Crippen molar-refractivity contribution in [2.24, 2.45) is 0 Å². The molecule has 3 rings (SSSR count). The summed E-state index contributed by atoms with van der Waals surface area (Å²) in [5, 5.41) is 19.7. The summed E-state index contributed by atoms with van der Waals surface area (Å²) in [5.74, 6) is -0.361. The zero-order valence-electron chi connectivity index (χ0n) is 13.9. The Balaban J connectivity index is 1.98. The lowest BCUT2D eigenvalue weighted by Gasteiger charge is -2.33. The Labute approximate surface area is 155 Å². The highest BCUT2D eigenvalue weighted by atomic mass is 35.5. The van der Waals surface area contributed by atoms with E-state index in [1.165, 1.54) is 18.4 Å². The molecule has 0 saturated carbocycles. The number of hydrogen-bond acceptors (Lipinski definition) is 6. The first-order chi connectivity index (χ1) is 12.1. The predicted molar refractivity (Wildman–Crippen MR) is 96.5 cm³/mol. The third kappa shape index (κ3) is 3.45. The second-order valence-corrected chi connectivity index (χ2v) is 7.49. The van der Waals surface area contributed by atoms with Crippen molar-refractivity contribution in [1.82, 2.24) is 4.90 Å². The van der Waals surface area contributed by atoms with E-state index in [2.05, 4.69) is 0 Å². The molecule has 0 unspecified atom stereocenters. The average molecular weight is 382 g/mol. The van der Waals surface area contributed by atoms with E-state index in [9.17, 15) is 15.0 Å². The van der Waals surface area contributed by atoms with Crippen molar-refractivity contribution in [3.63, 3.8) is 0 Å². The Hall–Kier alpha value is -1.44. The summed E-state index contributed by atoms with van der Waals surface area (Å²) in [6.07, 6.45) is 0.755. The molecule has 0 radical (unpaired) electrons. The van der Waals surface area contributed by atoms with E-state index in [0.29, 0.717) is 23.7 Å². The number of esters is 1. The molecule has 0 spiro atoms. The van der Waals surface area contributed by atoms with E-state index in [0.717, 1.165) is 27.3 Å². The zero-order valence-corrected chi connectivity index (χ0v) is 15.4. The molecule has 1 aliphatic rings. The van der Waals surface area contributed by atoms with Crippen molar-refractivity contribution >= 4 is 28.9 Å². The minimum atomic E-state index is -0.601. The van der Waals surface area contributed by atoms with Crippen LogP contribution in [0.5, 0.6) is 0 Å². The number of ether oxygens (including phenoxy) is 1. The van der Waals surface area contributed by atoms with Crippen LogP contribution in [0.25, 0.3) is 0 Å². The summed E-state index contributed by atoms with van der Waals surface area (Å²) < 4.78 is 5.02. The molecule has 5 nitrogen and oxygen atoms in total. The minimum absolute atomic E-state index is 0.0848.